The number of sulfone groups is 1. The molecule has 0 radical (unpaired) electrons. The third-order valence-electron chi connectivity index (χ3n) is 4.38. The molecule has 0 amide bonds. The first-order valence-electron chi connectivity index (χ1n) is 9.40. The molecule has 1 atom stereocenters. The smallest absolute Gasteiger partial charge is 0.191 e. The second-order valence-corrected chi connectivity index (χ2v) is 8.45. The second kappa shape index (κ2) is 11.9. The Hall–Kier alpha value is -1.60. The normalized spacial score (nSPS) is 13.7. The average molecular weight is 383 g/mol. The maximum Gasteiger partial charge on any atom is 0.191 e. The summed E-state index contributed by atoms with van der Waals surface area (Å²) in [6.07, 6.45) is 2.16. The molecule has 1 aromatic carbocycles. The molecule has 148 valence electrons. The number of aliphatic imine (C=N–C) groups is 1. The fraction of sp³-hybridized carbons (Fsp3) is 0.632. The highest BCUT2D eigenvalue weighted by Gasteiger charge is 2.14. The van der Waals surface area contributed by atoms with Crippen LogP contribution in [-0.4, -0.2) is 64.3 Å². The monoisotopic (exact) mass is 382 g/mol. The lowest BCUT2D eigenvalue weighted by atomic mass is 10.2. The quantitative estimate of drug-likeness (QED) is 0.453. The zero-order valence-corrected chi connectivity index (χ0v) is 17.3. The van der Waals surface area contributed by atoms with Gasteiger partial charge in [-0.2, -0.15) is 0 Å². The Bertz CT molecular complexity index is 628. The first kappa shape index (κ1) is 22.4. The number of nitrogens with zero attached hydrogens (tertiary/aromatic N) is 2. The SMILES string of the molecule is CCN(CC)CCCC(C)NC(=NC)NCCS(=O)(=O)c1ccccc1. The Labute approximate surface area is 159 Å². The summed E-state index contributed by atoms with van der Waals surface area (Å²) in [6.45, 7) is 10.1. The Morgan fingerprint density at radius 3 is 2.42 bits per heavy atom. The molecule has 7 heteroatoms. The zero-order chi connectivity index (χ0) is 19.4. The van der Waals surface area contributed by atoms with Crippen molar-refractivity contribution in [3.8, 4) is 0 Å². The Kier molecular flexibility index (Phi) is 10.3. The molecule has 6 nitrogen and oxygen atoms in total. The van der Waals surface area contributed by atoms with Crippen molar-refractivity contribution in [2.45, 2.75) is 44.6 Å². The van der Waals surface area contributed by atoms with E-state index in [0.29, 0.717) is 17.4 Å². The number of rotatable bonds is 11. The number of benzene rings is 1. The predicted molar refractivity (Wildman–Crippen MR) is 109 cm³/mol. The van der Waals surface area contributed by atoms with Crippen molar-refractivity contribution in [1.29, 1.82) is 0 Å². The summed E-state index contributed by atoms with van der Waals surface area (Å²) in [7, 11) is -1.57. The van der Waals surface area contributed by atoms with Crippen LogP contribution in [-0.2, 0) is 9.84 Å². The van der Waals surface area contributed by atoms with Crippen molar-refractivity contribution in [3.05, 3.63) is 30.3 Å². The Morgan fingerprint density at radius 2 is 1.85 bits per heavy atom. The fourth-order valence-corrected chi connectivity index (χ4v) is 3.89. The van der Waals surface area contributed by atoms with Crippen molar-refractivity contribution in [2.75, 3.05) is 39.0 Å². The van der Waals surface area contributed by atoms with Gasteiger partial charge in [0, 0.05) is 19.6 Å². The summed E-state index contributed by atoms with van der Waals surface area (Å²) >= 11 is 0. The van der Waals surface area contributed by atoms with Gasteiger partial charge in [0.1, 0.15) is 0 Å². The van der Waals surface area contributed by atoms with E-state index in [4.69, 9.17) is 0 Å². The van der Waals surface area contributed by atoms with E-state index in [1.165, 1.54) is 0 Å². The molecule has 0 spiro atoms. The summed E-state index contributed by atoms with van der Waals surface area (Å²) in [6, 6.07) is 8.81. The van der Waals surface area contributed by atoms with Gasteiger partial charge in [-0.05, 0) is 51.5 Å². The van der Waals surface area contributed by atoms with Gasteiger partial charge < -0.3 is 15.5 Å². The summed E-state index contributed by atoms with van der Waals surface area (Å²) in [5, 5.41) is 6.43. The Morgan fingerprint density at radius 1 is 1.19 bits per heavy atom. The minimum Gasteiger partial charge on any atom is -0.355 e. The maximum absolute atomic E-state index is 12.3. The Balaban J connectivity index is 2.36. The van der Waals surface area contributed by atoms with Crippen molar-refractivity contribution in [2.24, 2.45) is 4.99 Å². The van der Waals surface area contributed by atoms with Gasteiger partial charge in [-0.3, -0.25) is 4.99 Å². The van der Waals surface area contributed by atoms with Gasteiger partial charge in [0.15, 0.2) is 15.8 Å². The molecule has 1 aromatic rings. The topological polar surface area (TPSA) is 73.8 Å². The van der Waals surface area contributed by atoms with E-state index in [2.05, 4.69) is 41.3 Å². The van der Waals surface area contributed by atoms with Crippen LogP contribution in [0.5, 0.6) is 0 Å². The van der Waals surface area contributed by atoms with Crippen molar-refractivity contribution in [1.82, 2.24) is 15.5 Å². The van der Waals surface area contributed by atoms with Crippen LogP contribution in [0.25, 0.3) is 0 Å². The summed E-state index contributed by atoms with van der Waals surface area (Å²) in [5.74, 6) is 0.678. The molecule has 0 saturated heterocycles. The molecule has 0 saturated carbocycles. The van der Waals surface area contributed by atoms with E-state index in [9.17, 15) is 8.42 Å². The standard InChI is InChI=1S/C19H34N4O2S/c1-5-23(6-2)15-10-11-17(3)22-19(20-4)21-14-16-26(24,25)18-12-8-7-9-13-18/h7-9,12-13,17H,5-6,10-11,14-16H2,1-4H3,(H2,20,21,22). The molecule has 2 N–H and O–H groups in total. The van der Waals surface area contributed by atoms with Crippen LogP contribution in [0.15, 0.2) is 40.2 Å². The molecule has 0 aliphatic carbocycles. The number of nitrogens with one attached hydrogen (secondary N) is 2. The minimum absolute atomic E-state index is 0.0358. The van der Waals surface area contributed by atoms with Crippen LogP contribution in [0.1, 0.15) is 33.6 Å². The highest BCUT2D eigenvalue weighted by molar-refractivity contribution is 7.91. The molecule has 1 rings (SSSR count). The lowest BCUT2D eigenvalue weighted by Crippen LogP contribution is -2.43. The lowest BCUT2D eigenvalue weighted by Gasteiger charge is -2.21. The van der Waals surface area contributed by atoms with Gasteiger partial charge in [0.05, 0.1) is 10.6 Å². The molecule has 0 heterocycles. The van der Waals surface area contributed by atoms with Gasteiger partial charge >= 0.3 is 0 Å². The summed E-state index contributed by atoms with van der Waals surface area (Å²) < 4.78 is 24.6. The molecular formula is C19H34N4O2S. The molecular weight excluding hydrogens is 348 g/mol. The van der Waals surface area contributed by atoms with E-state index >= 15 is 0 Å². The van der Waals surface area contributed by atoms with Crippen molar-refractivity contribution in [3.63, 3.8) is 0 Å². The summed E-state index contributed by atoms with van der Waals surface area (Å²) in [4.78, 5) is 6.95. The predicted octanol–water partition coefficient (Wildman–Crippen LogP) is 2.14. The molecule has 0 aromatic heterocycles. The van der Waals surface area contributed by atoms with Crippen LogP contribution in [0.2, 0.25) is 0 Å². The molecule has 26 heavy (non-hydrogen) atoms. The van der Waals surface area contributed by atoms with Gasteiger partial charge in [-0.25, -0.2) is 8.42 Å². The third kappa shape index (κ3) is 8.19. The van der Waals surface area contributed by atoms with E-state index in [1.54, 1.807) is 31.3 Å². The van der Waals surface area contributed by atoms with Crippen LogP contribution in [0.3, 0.4) is 0 Å². The average Bonchev–Trinajstić information content (AvgIpc) is 2.65. The fourth-order valence-electron chi connectivity index (χ4n) is 2.71. The molecule has 0 fully saturated rings. The largest absolute Gasteiger partial charge is 0.355 e. The molecule has 0 aliphatic heterocycles. The molecule has 1 unspecified atom stereocenters. The van der Waals surface area contributed by atoms with E-state index in [0.717, 1.165) is 32.5 Å². The lowest BCUT2D eigenvalue weighted by molar-refractivity contribution is 0.292. The van der Waals surface area contributed by atoms with Gasteiger partial charge in [-0.1, -0.05) is 32.0 Å². The number of hydrogen-bond donors (Lipinski definition) is 2. The zero-order valence-electron chi connectivity index (χ0n) is 16.5. The van der Waals surface area contributed by atoms with E-state index in [-0.39, 0.29) is 11.8 Å². The van der Waals surface area contributed by atoms with Crippen LogP contribution in [0, 0.1) is 0 Å². The van der Waals surface area contributed by atoms with Crippen molar-refractivity contribution >= 4 is 15.8 Å². The van der Waals surface area contributed by atoms with Crippen LogP contribution in [0.4, 0.5) is 0 Å². The highest BCUT2D eigenvalue weighted by Crippen LogP contribution is 2.09. The van der Waals surface area contributed by atoms with Gasteiger partial charge in [0.2, 0.25) is 0 Å². The van der Waals surface area contributed by atoms with Gasteiger partial charge in [0.25, 0.3) is 0 Å². The second-order valence-electron chi connectivity index (χ2n) is 6.35. The van der Waals surface area contributed by atoms with Crippen molar-refractivity contribution < 1.29 is 8.42 Å². The first-order valence-corrected chi connectivity index (χ1v) is 11.1. The highest BCUT2D eigenvalue weighted by atomic mass is 32.2. The minimum atomic E-state index is -3.27. The molecule has 0 aliphatic rings. The number of guanidine groups is 1. The van der Waals surface area contributed by atoms with E-state index < -0.39 is 9.84 Å². The first-order chi connectivity index (χ1) is 12.4. The van der Waals surface area contributed by atoms with Crippen LogP contribution >= 0.6 is 0 Å². The molecule has 0 bridgehead atoms. The summed E-state index contributed by atoms with van der Waals surface area (Å²) in [5.41, 5.74) is 0. The van der Waals surface area contributed by atoms with Crippen LogP contribution < -0.4 is 10.6 Å². The number of hydrogen-bond acceptors (Lipinski definition) is 4. The van der Waals surface area contributed by atoms with E-state index in [1.807, 2.05) is 6.07 Å². The third-order valence-corrected chi connectivity index (χ3v) is 6.11. The van der Waals surface area contributed by atoms with Gasteiger partial charge in [-0.15, -0.1) is 0 Å². The maximum atomic E-state index is 12.3.